The van der Waals surface area contributed by atoms with Crippen LogP contribution >= 0.6 is 11.6 Å². The Kier molecular flexibility index (Phi) is 2.79. The van der Waals surface area contributed by atoms with Crippen LogP contribution < -0.4 is 0 Å². The Hall–Kier alpha value is -0.890. The van der Waals surface area contributed by atoms with Crippen molar-refractivity contribution in [1.82, 2.24) is 0 Å². The van der Waals surface area contributed by atoms with Crippen molar-refractivity contribution in [3.8, 4) is 0 Å². The highest BCUT2D eigenvalue weighted by molar-refractivity contribution is 6.30. The second kappa shape index (κ2) is 3.93. The predicted molar refractivity (Wildman–Crippen MR) is 57.5 cm³/mol. The number of aldehydes is 1. The molecule has 0 spiro atoms. The third-order valence-corrected chi connectivity index (χ3v) is 3.39. The van der Waals surface area contributed by atoms with Crippen molar-refractivity contribution < 1.29 is 9.18 Å². The smallest absolute Gasteiger partial charge is 0.127 e. The number of benzene rings is 1. The first-order valence-electron chi connectivity index (χ1n) is 5.05. The molecule has 0 unspecified atom stereocenters. The molecule has 0 bridgehead atoms. The van der Waals surface area contributed by atoms with Crippen LogP contribution in [0.3, 0.4) is 0 Å². The average molecular weight is 227 g/mol. The summed E-state index contributed by atoms with van der Waals surface area (Å²) in [6, 6.07) is 4.63. The molecule has 0 aromatic heterocycles. The van der Waals surface area contributed by atoms with E-state index >= 15 is 0 Å². The number of carbonyl (C=O) groups excluding carboxylic acids is 1. The lowest BCUT2D eigenvalue weighted by atomic mass is 9.66. The van der Waals surface area contributed by atoms with Gasteiger partial charge < -0.3 is 4.79 Å². The Morgan fingerprint density at radius 2 is 2.20 bits per heavy atom. The molecule has 0 saturated heterocycles. The summed E-state index contributed by atoms with van der Waals surface area (Å²) in [6.07, 6.45) is 4.29. The first kappa shape index (κ1) is 10.6. The van der Waals surface area contributed by atoms with Crippen LogP contribution in [0.1, 0.15) is 24.8 Å². The van der Waals surface area contributed by atoms with Crippen LogP contribution in [-0.2, 0) is 11.2 Å². The molecule has 1 aliphatic rings. The van der Waals surface area contributed by atoms with E-state index in [1.54, 1.807) is 12.1 Å². The molecule has 1 saturated carbocycles. The van der Waals surface area contributed by atoms with Gasteiger partial charge in [-0.1, -0.05) is 24.1 Å². The number of hydrogen-bond acceptors (Lipinski definition) is 1. The molecule has 1 fully saturated rings. The maximum atomic E-state index is 13.5. The van der Waals surface area contributed by atoms with Crippen molar-refractivity contribution in [3.63, 3.8) is 0 Å². The molecule has 80 valence electrons. The second-order valence-electron chi connectivity index (χ2n) is 4.25. The fourth-order valence-corrected chi connectivity index (χ4v) is 2.17. The Balaban J connectivity index is 2.20. The van der Waals surface area contributed by atoms with E-state index in [4.69, 9.17) is 11.6 Å². The van der Waals surface area contributed by atoms with E-state index in [1.165, 1.54) is 6.07 Å². The maximum absolute atomic E-state index is 13.5. The van der Waals surface area contributed by atoms with Gasteiger partial charge >= 0.3 is 0 Å². The molecule has 0 amide bonds. The van der Waals surface area contributed by atoms with Crippen molar-refractivity contribution >= 4 is 17.9 Å². The minimum absolute atomic E-state index is 0.310. The van der Waals surface area contributed by atoms with Crippen molar-refractivity contribution in [2.75, 3.05) is 0 Å². The summed E-state index contributed by atoms with van der Waals surface area (Å²) < 4.78 is 13.5. The lowest BCUT2D eigenvalue weighted by Gasteiger charge is -2.36. The third-order valence-electron chi connectivity index (χ3n) is 3.16. The monoisotopic (exact) mass is 226 g/mol. The lowest BCUT2D eigenvalue weighted by Crippen LogP contribution is -2.33. The Bertz CT molecular complexity index is 385. The molecule has 0 aliphatic heterocycles. The van der Waals surface area contributed by atoms with Crippen LogP contribution in [0, 0.1) is 11.2 Å². The zero-order valence-electron chi connectivity index (χ0n) is 8.30. The van der Waals surface area contributed by atoms with Gasteiger partial charge in [0.1, 0.15) is 12.1 Å². The Morgan fingerprint density at radius 3 is 2.67 bits per heavy atom. The van der Waals surface area contributed by atoms with Crippen molar-refractivity contribution in [3.05, 3.63) is 34.6 Å². The van der Waals surface area contributed by atoms with Gasteiger partial charge in [-0.2, -0.15) is 0 Å². The van der Waals surface area contributed by atoms with E-state index in [9.17, 15) is 9.18 Å². The van der Waals surface area contributed by atoms with Crippen LogP contribution in [0.2, 0.25) is 5.02 Å². The van der Waals surface area contributed by atoms with Gasteiger partial charge in [0.05, 0.1) is 0 Å². The van der Waals surface area contributed by atoms with E-state index in [0.29, 0.717) is 17.0 Å². The maximum Gasteiger partial charge on any atom is 0.127 e. The summed E-state index contributed by atoms with van der Waals surface area (Å²) in [7, 11) is 0. The molecule has 1 aromatic rings. The fraction of sp³-hybridized carbons (Fsp3) is 0.417. The van der Waals surface area contributed by atoms with Crippen LogP contribution in [-0.4, -0.2) is 6.29 Å². The van der Waals surface area contributed by atoms with Crippen molar-refractivity contribution in [2.45, 2.75) is 25.7 Å². The minimum atomic E-state index is -0.311. The van der Waals surface area contributed by atoms with Crippen LogP contribution in [0.4, 0.5) is 4.39 Å². The second-order valence-corrected chi connectivity index (χ2v) is 4.68. The van der Waals surface area contributed by atoms with Gasteiger partial charge in [-0.3, -0.25) is 0 Å². The predicted octanol–water partition coefficient (Wildman–Crippen LogP) is 3.39. The van der Waals surface area contributed by atoms with E-state index in [-0.39, 0.29) is 11.2 Å². The lowest BCUT2D eigenvalue weighted by molar-refractivity contribution is -0.120. The Morgan fingerprint density at radius 1 is 1.47 bits per heavy atom. The van der Waals surface area contributed by atoms with E-state index < -0.39 is 0 Å². The SMILES string of the molecule is O=CC1(Cc2ccc(Cl)cc2F)CCC1. The number of halogens is 2. The van der Waals surface area contributed by atoms with Gasteiger partial charge in [0, 0.05) is 10.4 Å². The van der Waals surface area contributed by atoms with E-state index in [1.807, 2.05) is 0 Å². The normalized spacial score (nSPS) is 18.3. The molecular formula is C12H12ClFO. The zero-order valence-corrected chi connectivity index (χ0v) is 9.06. The largest absolute Gasteiger partial charge is 0.303 e. The molecule has 0 heterocycles. The highest BCUT2D eigenvalue weighted by Gasteiger charge is 2.37. The van der Waals surface area contributed by atoms with Crippen LogP contribution in [0.25, 0.3) is 0 Å². The highest BCUT2D eigenvalue weighted by atomic mass is 35.5. The van der Waals surface area contributed by atoms with Gasteiger partial charge in [0.25, 0.3) is 0 Å². The molecule has 2 rings (SSSR count). The molecule has 0 atom stereocenters. The first-order chi connectivity index (χ1) is 7.15. The van der Waals surface area contributed by atoms with E-state index in [0.717, 1.165) is 25.5 Å². The molecule has 0 radical (unpaired) electrons. The van der Waals surface area contributed by atoms with Crippen LogP contribution in [0.5, 0.6) is 0 Å². The molecule has 1 nitrogen and oxygen atoms in total. The first-order valence-corrected chi connectivity index (χ1v) is 5.43. The number of rotatable bonds is 3. The molecule has 1 aromatic carbocycles. The van der Waals surface area contributed by atoms with Gasteiger partial charge in [-0.25, -0.2) is 4.39 Å². The Labute approximate surface area is 93.2 Å². The number of carbonyl (C=O) groups is 1. The summed E-state index contributed by atoms with van der Waals surface area (Å²) in [4.78, 5) is 10.9. The highest BCUT2D eigenvalue weighted by Crippen LogP contribution is 2.42. The van der Waals surface area contributed by atoms with Crippen LogP contribution in [0.15, 0.2) is 18.2 Å². The van der Waals surface area contributed by atoms with E-state index in [2.05, 4.69) is 0 Å². The van der Waals surface area contributed by atoms with Gasteiger partial charge in [0.2, 0.25) is 0 Å². The van der Waals surface area contributed by atoms with Gasteiger partial charge in [-0.05, 0) is 37.0 Å². The topological polar surface area (TPSA) is 17.1 Å². The summed E-state index contributed by atoms with van der Waals surface area (Å²) in [5.74, 6) is -0.310. The van der Waals surface area contributed by atoms with Crippen molar-refractivity contribution in [2.24, 2.45) is 5.41 Å². The van der Waals surface area contributed by atoms with Gasteiger partial charge in [-0.15, -0.1) is 0 Å². The summed E-state index contributed by atoms with van der Waals surface area (Å²) in [5.41, 5.74) is 0.278. The fourth-order valence-electron chi connectivity index (χ4n) is 2.01. The molecule has 0 N–H and O–H groups in total. The summed E-state index contributed by atoms with van der Waals surface area (Å²) in [6.45, 7) is 0. The quantitative estimate of drug-likeness (QED) is 0.722. The summed E-state index contributed by atoms with van der Waals surface area (Å²) >= 11 is 5.66. The minimum Gasteiger partial charge on any atom is -0.303 e. The third kappa shape index (κ3) is 2.05. The molecule has 3 heteroatoms. The summed E-state index contributed by atoms with van der Waals surface area (Å²) in [5, 5.41) is 0.394. The average Bonchev–Trinajstić information content (AvgIpc) is 2.14. The van der Waals surface area contributed by atoms with Gasteiger partial charge in [0.15, 0.2) is 0 Å². The standard InChI is InChI=1S/C12H12ClFO/c13-10-3-2-9(11(14)6-10)7-12(8-15)4-1-5-12/h2-3,6,8H,1,4-5,7H2. The molecular weight excluding hydrogens is 215 g/mol. The molecule has 15 heavy (non-hydrogen) atoms. The van der Waals surface area contributed by atoms with Crippen molar-refractivity contribution in [1.29, 1.82) is 0 Å². The number of hydrogen-bond donors (Lipinski definition) is 0. The zero-order chi connectivity index (χ0) is 10.9. The molecule has 1 aliphatic carbocycles.